The Labute approximate surface area is 114 Å². The molecular formula is C14H22N4O. The van der Waals surface area contributed by atoms with Gasteiger partial charge < -0.3 is 9.80 Å². The number of likely N-dealkylation sites (tertiary alicyclic amines) is 1. The monoisotopic (exact) mass is 262 g/mol. The topological polar surface area (TPSA) is 49.3 Å². The van der Waals surface area contributed by atoms with E-state index in [-0.39, 0.29) is 5.91 Å². The maximum Gasteiger partial charge on any atom is 0.230 e. The van der Waals surface area contributed by atoms with Gasteiger partial charge in [-0.3, -0.25) is 4.79 Å². The number of rotatable bonds is 4. The van der Waals surface area contributed by atoms with Gasteiger partial charge >= 0.3 is 0 Å². The third-order valence-electron chi connectivity index (χ3n) is 3.65. The van der Waals surface area contributed by atoms with Gasteiger partial charge in [-0.1, -0.05) is 13.8 Å². The smallest absolute Gasteiger partial charge is 0.230 e. The molecule has 0 atom stereocenters. The van der Waals surface area contributed by atoms with E-state index in [2.05, 4.69) is 28.7 Å². The fourth-order valence-electron chi connectivity index (χ4n) is 1.99. The zero-order chi connectivity index (χ0) is 14.0. The zero-order valence-electron chi connectivity index (χ0n) is 12.1. The van der Waals surface area contributed by atoms with Gasteiger partial charge in [0.05, 0.1) is 6.42 Å². The summed E-state index contributed by atoms with van der Waals surface area (Å²) in [7, 11) is 4.08. The van der Waals surface area contributed by atoms with Gasteiger partial charge in [0.1, 0.15) is 5.82 Å². The Morgan fingerprint density at radius 3 is 2.42 bits per heavy atom. The second-order valence-corrected chi connectivity index (χ2v) is 5.68. The maximum atomic E-state index is 12.0. The molecule has 1 aromatic heterocycles. The molecule has 0 saturated carbocycles. The normalized spacial score (nSPS) is 16.0. The van der Waals surface area contributed by atoms with Crippen LogP contribution < -0.4 is 0 Å². The molecule has 0 radical (unpaired) electrons. The van der Waals surface area contributed by atoms with Crippen LogP contribution in [0.25, 0.3) is 0 Å². The minimum Gasteiger partial charge on any atom is -0.339 e. The predicted molar refractivity (Wildman–Crippen MR) is 73.9 cm³/mol. The van der Waals surface area contributed by atoms with Crippen LogP contribution in [0.15, 0.2) is 12.4 Å². The van der Waals surface area contributed by atoms with Crippen LogP contribution in [-0.2, 0) is 11.2 Å². The van der Waals surface area contributed by atoms with Gasteiger partial charge in [-0.25, -0.2) is 9.97 Å². The Kier molecular flexibility index (Phi) is 4.14. The van der Waals surface area contributed by atoms with Crippen molar-refractivity contribution in [2.24, 2.45) is 0 Å². The predicted octanol–water partition coefficient (Wildman–Crippen LogP) is 0.915. The number of carbonyl (C=O) groups excluding carboxylic acids is 1. The van der Waals surface area contributed by atoms with E-state index in [1.807, 2.05) is 31.4 Å². The number of amides is 1. The summed E-state index contributed by atoms with van der Waals surface area (Å²) in [5.41, 5.74) is 1.10. The summed E-state index contributed by atoms with van der Waals surface area (Å²) in [6, 6.07) is 0.494. The van der Waals surface area contributed by atoms with Gasteiger partial charge in [0, 0.05) is 31.5 Å². The molecule has 0 aliphatic carbocycles. The molecule has 1 amide bonds. The highest BCUT2D eigenvalue weighted by Gasteiger charge is 2.31. The van der Waals surface area contributed by atoms with Crippen molar-refractivity contribution >= 4 is 5.91 Å². The van der Waals surface area contributed by atoms with Gasteiger partial charge in [-0.05, 0) is 25.6 Å². The summed E-state index contributed by atoms with van der Waals surface area (Å²) in [4.78, 5) is 24.6. The number of likely N-dealkylation sites (N-methyl/N-ethyl adjacent to an activating group) is 1. The van der Waals surface area contributed by atoms with Gasteiger partial charge in [-0.2, -0.15) is 0 Å². The second kappa shape index (κ2) is 5.65. The first-order valence-electron chi connectivity index (χ1n) is 6.72. The maximum absolute atomic E-state index is 12.0. The van der Waals surface area contributed by atoms with Crippen LogP contribution in [0.4, 0.5) is 0 Å². The van der Waals surface area contributed by atoms with Crippen molar-refractivity contribution in [1.29, 1.82) is 0 Å². The lowest BCUT2D eigenvalue weighted by Gasteiger charge is -2.42. The Morgan fingerprint density at radius 2 is 1.95 bits per heavy atom. The van der Waals surface area contributed by atoms with E-state index in [1.165, 1.54) is 0 Å². The highest BCUT2D eigenvalue weighted by atomic mass is 16.2. The van der Waals surface area contributed by atoms with Gasteiger partial charge in [0.25, 0.3) is 0 Å². The van der Waals surface area contributed by atoms with Gasteiger partial charge in [-0.15, -0.1) is 0 Å². The van der Waals surface area contributed by atoms with E-state index in [4.69, 9.17) is 0 Å². The van der Waals surface area contributed by atoms with Gasteiger partial charge in [0.15, 0.2) is 0 Å². The summed E-state index contributed by atoms with van der Waals surface area (Å²) < 4.78 is 0. The molecule has 1 aliphatic rings. The van der Waals surface area contributed by atoms with E-state index in [0.717, 1.165) is 18.7 Å². The molecule has 0 bridgehead atoms. The lowest BCUT2D eigenvalue weighted by Crippen LogP contribution is -2.59. The van der Waals surface area contributed by atoms with E-state index in [0.29, 0.717) is 24.2 Å². The van der Waals surface area contributed by atoms with Crippen LogP contribution >= 0.6 is 0 Å². The molecule has 1 saturated heterocycles. The third-order valence-corrected chi connectivity index (χ3v) is 3.65. The Balaban J connectivity index is 1.86. The van der Waals surface area contributed by atoms with Crippen molar-refractivity contribution in [2.45, 2.75) is 32.2 Å². The Morgan fingerprint density at radius 1 is 1.37 bits per heavy atom. The van der Waals surface area contributed by atoms with Crippen LogP contribution in [0.2, 0.25) is 0 Å². The highest BCUT2D eigenvalue weighted by Crippen LogP contribution is 2.14. The summed E-state index contributed by atoms with van der Waals surface area (Å²) in [5, 5.41) is 0. The van der Waals surface area contributed by atoms with Crippen molar-refractivity contribution in [3.63, 3.8) is 0 Å². The Hall–Kier alpha value is -1.49. The first-order valence-corrected chi connectivity index (χ1v) is 6.72. The average molecular weight is 262 g/mol. The number of hydrogen-bond acceptors (Lipinski definition) is 4. The Bertz CT molecular complexity index is 435. The fraction of sp³-hybridized carbons (Fsp3) is 0.643. The molecule has 2 heterocycles. The highest BCUT2D eigenvalue weighted by molar-refractivity contribution is 5.78. The molecule has 1 fully saturated rings. The molecule has 1 aromatic rings. The van der Waals surface area contributed by atoms with Crippen molar-refractivity contribution in [1.82, 2.24) is 19.8 Å². The summed E-state index contributed by atoms with van der Waals surface area (Å²) >= 11 is 0. The fourth-order valence-corrected chi connectivity index (χ4v) is 1.99. The quantitative estimate of drug-likeness (QED) is 0.809. The van der Waals surface area contributed by atoms with Crippen LogP contribution in [0, 0.1) is 0 Å². The SMILES string of the molecule is CC(C)c1cnc(CC(=O)N2CC(N(C)C)C2)nc1. The lowest BCUT2D eigenvalue weighted by atomic mass is 10.1. The molecule has 0 spiro atoms. The standard InChI is InChI=1S/C14H22N4O/c1-10(2)11-6-15-13(16-7-11)5-14(19)18-8-12(9-18)17(3)4/h6-7,10,12H,5,8-9H2,1-4H3. The van der Waals surface area contributed by atoms with E-state index in [1.54, 1.807) is 0 Å². The van der Waals surface area contributed by atoms with Crippen molar-refractivity contribution in [3.8, 4) is 0 Å². The summed E-state index contributed by atoms with van der Waals surface area (Å²) in [5.74, 6) is 1.15. The molecule has 19 heavy (non-hydrogen) atoms. The molecule has 5 nitrogen and oxygen atoms in total. The zero-order valence-corrected chi connectivity index (χ0v) is 12.1. The molecule has 2 rings (SSSR count). The molecular weight excluding hydrogens is 240 g/mol. The van der Waals surface area contributed by atoms with Crippen molar-refractivity contribution in [3.05, 3.63) is 23.8 Å². The molecule has 5 heteroatoms. The van der Waals surface area contributed by atoms with E-state index in [9.17, 15) is 4.79 Å². The molecule has 104 valence electrons. The first kappa shape index (κ1) is 13.9. The van der Waals surface area contributed by atoms with Crippen molar-refractivity contribution in [2.75, 3.05) is 27.2 Å². The van der Waals surface area contributed by atoms with Crippen LogP contribution in [0.1, 0.15) is 31.2 Å². The third kappa shape index (κ3) is 3.29. The largest absolute Gasteiger partial charge is 0.339 e. The minimum absolute atomic E-state index is 0.121. The lowest BCUT2D eigenvalue weighted by molar-refractivity contribution is -0.137. The number of nitrogens with zero attached hydrogens (tertiary/aromatic N) is 4. The molecule has 0 unspecified atom stereocenters. The average Bonchev–Trinajstić information content (AvgIpc) is 2.26. The number of hydrogen-bond donors (Lipinski definition) is 0. The van der Waals surface area contributed by atoms with Crippen LogP contribution in [-0.4, -0.2) is 58.9 Å². The van der Waals surface area contributed by atoms with Crippen LogP contribution in [0.5, 0.6) is 0 Å². The summed E-state index contributed by atoms with van der Waals surface area (Å²) in [6.07, 6.45) is 3.94. The van der Waals surface area contributed by atoms with E-state index >= 15 is 0 Å². The number of aromatic nitrogens is 2. The van der Waals surface area contributed by atoms with Crippen molar-refractivity contribution < 1.29 is 4.79 Å². The number of carbonyl (C=O) groups is 1. The summed E-state index contributed by atoms with van der Waals surface area (Å²) in [6.45, 7) is 5.84. The van der Waals surface area contributed by atoms with Gasteiger partial charge in [0.2, 0.25) is 5.91 Å². The molecule has 0 N–H and O–H groups in total. The van der Waals surface area contributed by atoms with E-state index < -0.39 is 0 Å². The minimum atomic E-state index is 0.121. The first-order chi connectivity index (χ1) is 8.97. The van der Waals surface area contributed by atoms with Crippen LogP contribution in [0.3, 0.4) is 0 Å². The molecule has 1 aliphatic heterocycles. The second-order valence-electron chi connectivity index (χ2n) is 5.68. The molecule has 0 aromatic carbocycles.